The molecular formula is C13H21Br2NO2. The van der Waals surface area contributed by atoms with Gasteiger partial charge in [0.1, 0.15) is 5.60 Å². The molecule has 18 heavy (non-hydrogen) atoms. The second-order valence-electron chi connectivity index (χ2n) is 5.71. The van der Waals surface area contributed by atoms with Crippen molar-refractivity contribution in [2.24, 2.45) is 5.92 Å². The van der Waals surface area contributed by atoms with Crippen LogP contribution in [0.2, 0.25) is 0 Å². The van der Waals surface area contributed by atoms with Crippen LogP contribution in [0, 0.1) is 5.92 Å². The zero-order valence-electron chi connectivity index (χ0n) is 11.1. The van der Waals surface area contributed by atoms with E-state index >= 15 is 0 Å². The Bertz CT molecular complexity index is 311. The molecule has 1 fully saturated rings. The Hall–Kier alpha value is -0.0300. The Kier molecular flexibility index (Phi) is 6.18. The summed E-state index contributed by atoms with van der Waals surface area (Å²) < 4.78 is 6.27. The Balaban J connectivity index is 2.31. The monoisotopic (exact) mass is 381 g/mol. The van der Waals surface area contributed by atoms with E-state index in [4.69, 9.17) is 4.74 Å². The topological polar surface area (TPSA) is 38.3 Å². The molecule has 1 aliphatic rings. The van der Waals surface area contributed by atoms with Gasteiger partial charge in [0.2, 0.25) is 0 Å². The van der Waals surface area contributed by atoms with Crippen molar-refractivity contribution in [3.8, 4) is 0 Å². The number of nitrogens with one attached hydrogen (secondary N) is 1. The van der Waals surface area contributed by atoms with Crippen LogP contribution >= 0.6 is 31.9 Å². The van der Waals surface area contributed by atoms with Crippen molar-refractivity contribution in [3.05, 3.63) is 9.47 Å². The third-order valence-corrected chi connectivity index (χ3v) is 3.38. The van der Waals surface area contributed by atoms with E-state index in [9.17, 15) is 4.79 Å². The summed E-state index contributed by atoms with van der Waals surface area (Å²) in [5.41, 5.74) is -0.426. The van der Waals surface area contributed by atoms with E-state index in [1.54, 1.807) is 0 Å². The summed E-state index contributed by atoms with van der Waals surface area (Å²) in [4.78, 5) is 11.6. The molecule has 0 saturated heterocycles. The maximum atomic E-state index is 11.6. The maximum Gasteiger partial charge on any atom is 0.407 e. The summed E-state index contributed by atoms with van der Waals surface area (Å²) in [5, 5.41) is 2.94. The maximum absolute atomic E-state index is 11.6. The Morgan fingerprint density at radius 3 is 2.22 bits per heavy atom. The molecule has 0 radical (unpaired) electrons. The van der Waals surface area contributed by atoms with E-state index in [1.165, 1.54) is 0 Å². The van der Waals surface area contributed by atoms with Crippen molar-refractivity contribution in [1.82, 2.24) is 5.32 Å². The fourth-order valence-electron chi connectivity index (χ4n) is 2.08. The minimum absolute atomic E-state index is 0.249. The molecule has 5 heteroatoms. The normalized spacial score (nSPS) is 24.3. The molecule has 0 spiro atoms. The Morgan fingerprint density at radius 2 is 1.78 bits per heavy atom. The van der Waals surface area contributed by atoms with Gasteiger partial charge < -0.3 is 10.1 Å². The lowest BCUT2D eigenvalue weighted by atomic mass is 9.86. The number of allylic oxidation sites excluding steroid dienone is 1. The summed E-state index contributed by atoms with van der Waals surface area (Å²) in [5.74, 6) is 0.593. The summed E-state index contributed by atoms with van der Waals surface area (Å²) in [6.07, 6.45) is 6.09. The molecule has 0 unspecified atom stereocenters. The molecule has 0 aromatic heterocycles. The largest absolute Gasteiger partial charge is 0.444 e. The number of rotatable bonds is 2. The summed E-state index contributed by atoms with van der Waals surface area (Å²) in [6, 6.07) is 0.249. The quantitative estimate of drug-likeness (QED) is 0.751. The first-order valence-electron chi connectivity index (χ1n) is 6.28. The van der Waals surface area contributed by atoms with Gasteiger partial charge in [-0.15, -0.1) is 0 Å². The lowest BCUT2D eigenvalue weighted by Gasteiger charge is -2.28. The van der Waals surface area contributed by atoms with Crippen molar-refractivity contribution in [3.63, 3.8) is 0 Å². The van der Waals surface area contributed by atoms with Crippen LogP contribution in [0.4, 0.5) is 4.79 Å². The third kappa shape index (κ3) is 6.78. The molecule has 0 heterocycles. The molecule has 0 bridgehead atoms. The van der Waals surface area contributed by atoms with Gasteiger partial charge in [0.25, 0.3) is 0 Å². The lowest BCUT2D eigenvalue weighted by molar-refractivity contribution is 0.0490. The average molecular weight is 383 g/mol. The number of hydrogen-bond donors (Lipinski definition) is 1. The highest BCUT2D eigenvalue weighted by atomic mass is 79.9. The van der Waals surface area contributed by atoms with Crippen molar-refractivity contribution < 1.29 is 9.53 Å². The SMILES string of the molecule is CC(C)(C)OC(=O)N[C@H]1CC[C@H](C=C(Br)Br)CC1. The first kappa shape index (κ1) is 16.0. The Labute approximate surface area is 126 Å². The fourth-order valence-corrected chi connectivity index (χ4v) is 2.83. The highest BCUT2D eigenvalue weighted by molar-refractivity contribution is 9.28. The van der Waals surface area contributed by atoms with Gasteiger partial charge in [-0.1, -0.05) is 6.08 Å². The third-order valence-electron chi connectivity index (χ3n) is 2.85. The average Bonchev–Trinajstić information content (AvgIpc) is 2.17. The van der Waals surface area contributed by atoms with E-state index < -0.39 is 5.60 Å². The second-order valence-corrected chi connectivity index (χ2v) is 8.49. The first-order valence-corrected chi connectivity index (χ1v) is 7.87. The molecule has 104 valence electrons. The molecule has 1 amide bonds. The highest BCUT2D eigenvalue weighted by Gasteiger charge is 2.23. The lowest BCUT2D eigenvalue weighted by Crippen LogP contribution is -2.40. The number of alkyl carbamates (subject to hydrolysis) is 1. The van der Waals surface area contributed by atoms with Gasteiger partial charge in [-0.2, -0.15) is 0 Å². The van der Waals surface area contributed by atoms with Crippen LogP contribution in [0.25, 0.3) is 0 Å². The molecule has 1 aliphatic carbocycles. The molecular weight excluding hydrogens is 362 g/mol. The van der Waals surface area contributed by atoms with Crippen LogP contribution < -0.4 is 5.32 Å². The summed E-state index contributed by atoms with van der Waals surface area (Å²) >= 11 is 6.77. The van der Waals surface area contributed by atoms with E-state index in [1.807, 2.05) is 20.8 Å². The second kappa shape index (κ2) is 6.94. The van der Waals surface area contributed by atoms with Crippen LogP contribution in [-0.2, 0) is 4.74 Å². The van der Waals surface area contributed by atoms with Gasteiger partial charge in [0.05, 0.1) is 3.39 Å². The number of hydrogen-bond acceptors (Lipinski definition) is 2. The fraction of sp³-hybridized carbons (Fsp3) is 0.769. The van der Waals surface area contributed by atoms with Crippen LogP contribution in [0.5, 0.6) is 0 Å². The molecule has 1 saturated carbocycles. The van der Waals surface area contributed by atoms with Crippen molar-refractivity contribution in [1.29, 1.82) is 0 Å². The van der Waals surface area contributed by atoms with Gasteiger partial charge in [0.15, 0.2) is 0 Å². The zero-order valence-corrected chi connectivity index (χ0v) is 14.3. The van der Waals surface area contributed by atoms with Crippen LogP contribution in [0.3, 0.4) is 0 Å². The molecule has 0 atom stereocenters. The van der Waals surface area contributed by atoms with Crippen LogP contribution in [-0.4, -0.2) is 17.7 Å². The van der Waals surface area contributed by atoms with E-state index in [0.717, 1.165) is 29.1 Å². The molecule has 0 aliphatic heterocycles. The van der Waals surface area contributed by atoms with Crippen molar-refractivity contribution in [2.45, 2.75) is 58.1 Å². The predicted octanol–water partition coefficient (Wildman–Crippen LogP) is 4.70. The zero-order chi connectivity index (χ0) is 13.8. The molecule has 1 N–H and O–H groups in total. The predicted molar refractivity (Wildman–Crippen MR) is 81.1 cm³/mol. The van der Waals surface area contributed by atoms with Crippen LogP contribution in [0.15, 0.2) is 9.47 Å². The van der Waals surface area contributed by atoms with Gasteiger partial charge in [-0.25, -0.2) is 4.79 Å². The summed E-state index contributed by atoms with van der Waals surface area (Å²) in [7, 11) is 0. The van der Waals surface area contributed by atoms with E-state index in [0.29, 0.717) is 5.92 Å². The summed E-state index contributed by atoms with van der Waals surface area (Å²) in [6.45, 7) is 5.63. The van der Waals surface area contributed by atoms with Crippen molar-refractivity contribution >= 4 is 38.0 Å². The number of ether oxygens (including phenoxy) is 1. The number of carbonyl (C=O) groups is 1. The van der Waals surface area contributed by atoms with Gasteiger partial charge in [-0.3, -0.25) is 0 Å². The molecule has 1 rings (SSSR count). The number of amides is 1. The van der Waals surface area contributed by atoms with E-state index in [2.05, 4.69) is 43.3 Å². The number of halogens is 2. The van der Waals surface area contributed by atoms with E-state index in [-0.39, 0.29) is 12.1 Å². The highest BCUT2D eigenvalue weighted by Crippen LogP contribution is 2.29. The minimum atomic E-state index is -0.426. The minimum Gasteiger partial charge on any atom is -0.444 e. The smallest absolute Gasteiger partial charge is 0.407 e. The molecule has 0 aromatic carbocycles. The molecule has 3 nitrogen and oxygen atoms in total. The Morgan fingerprint density at radius 1 is 1.22 bits per heavy atom. The van der Waals surface area contributed by atoms with Gasteiger partial charge in [-0.05, 0) is 84.2 Å². The van der Waals surface area contributed by atoms with Gasteiger partial charge in [0, 0.05) is 6.04 Å². The first-order chi connectivity index (χ1) is 8.26. The number of carbonyl (C=O) groups excluding carboxylic acids is 1. The van der Waals surface area contributed by atoms with Crippen molar-refractivity contribution in [2.75, 3.05) is 0 Å². The van der Waals surface area contributed by atoms with Crippen LogP contribution in [0.1, 0.15) is 46.5 Å². The standard InChI is InChI=1S/C13H21Br2NO2/c1-13(2,3)18-12(17)16-10-6-4-9(5-7-10)8-11(14)15/h8-10H,4-7H2,1-3H3,(H,16,17)/t9-,10-. The molecule has 0 aromatic rings. The van der Waals surface area contributed by atoms with Gasteiger partial charge >= 0.3 is 6.09 Å².